The second kappa shape index (κ2) is 28.5. The number of ether oxygens (including phenoxy) is 1. The van der Waals surface area contributed by atoms with E-state index in [1.807, 2.05) is 13.8 Å². The Balaban J connectivity index is 2.48. The monoisotopic (exact) mass is 725 g/mol. The van der Waals surface area contributed by atoms with Crippen LogP contribution in [0.4, 0.5) is 0 Å². The molecule has 0 aromatic carbocycles. The lowest BCUT2D eigenvalue weighted by Gasteiger charge is -2.53. The van der Waals surface area contributed by atoms with Crippen LogP contribution >= 0.6 is 0 Å². The molecule has 1 rings (SSSR count). The lowest BCUT2D eigenvalue weighted by Crippen LogP contribution is -2.52. The molecular weight excluding hydrogens is 641 g/mol. The molecule has 0 heterocycles. The Hall–Kier alpha value is -1.94. The van der Waals surface area contributed by atoms with Crippen LogP contribution in [0.5, 0.6) is 0 Å². The van der Waals surface area contributed by atoms with E-state index in [1.54, 1.807) is 0 Å². The van der Waals surface area contributed by atoms with E-state index in [1.165, 1.54) is 106 Å². The maximum Gasteiger partial charge on any atom is 0.305 e. The lowest BCUT2D eigenvalue weighted by molar-refractivity contribution is -0.144. The van der Waals surface area contributed by atoms with Crippen LogP contribution in [0, 0.1) is 11.3 Å². The van der Waals surface area contributed by atoms with E-state index in [0.717, 1.165) is 82.5 Å². The summed E-state index contributed by atoms with van der Waals surface area (Å²) in [6, 6.07) is 0. The first kappa shape index (κ1) is 48.1. The Bertz CT molecular complexity index is 1100. The third kappa shape index (κ3) is 20.5. The van der Waals surface area contributed by atoms with Gasteiger partial charge in [-0.3, -0.25) is 9.59 Å². The Kier molecular flexibility index (Phi) is 26.3. The van der Waals surface area contributed by atoms with Crippen LogP contribution in [0.2, 0.25) is 0 Å². The summed E-state index contributed by atoms with van der Waals surface area (Å²) in [5.41, 5.74) is 5.01. The summed E-state index contributed by atoms with van der Waals surface area (Å²) < 4.78 is 5.69. The summed E-state index contributed by atoms with van der Waals surface area (Å²) >= 11 is 0. The van der Waals surface area contributed by atoms with Crippen LogP contribution < -0.4 is 0 Å². The van der Waals surface area contributed by atoms with Gasteiger partial charge in [-0.1, -0.05) is 144 Å². The standard InChI is InChI=1S/C48H84O4/c1-9-10-11-12-13-14-15-16-17-18-19-20-21-22-23-34-46(50)52-38-27-33-45-44(43(6)39-49)35-37-48(8,51)47(45,7)36-26-32-42(5)31-25-30-41(4)29-24-28-40(2)3/h28,30,32,39,45,51H,9-27,29,31,33-38H2,1-8H3/b41-30+,42-32+,44-43+/t45-,47+,48+/m1/s1. The molecule has 0 spiro atoms. The number of allylic oxidation sites excluding steroid dienone is 8. The molecule has 1 aliphatic carbocycles. The second-order valence-corrected chi connectivity index (χ2v) is 17.1. The van der Waals surface area contributed by atoms with Crippen LogP contribution in [0.3, 0.4) is 0 Å². The molecular formula is C48H84O4. The van der Waals surface area contributed by atoms with Gasteiger partial charge in [0, 0.05) is 11.8 Å². The van der Waals surface area contributed by atoms with E-state index in [0.29, 0.717) is 19.4 Å². The summed E-state index contributed by atoms with van der Waals surface area (Å²) in [4.78, 5) is 24.5. The summed E-state index contributed by atoms with van der Waals surface area (Å²) in [6.07, 6.45) is 37.3. The number of aliphatic hydroxyl groups is 1. The maximum atomic E-state index is 12.5. The SMILES string of the molecule is CCCCCCCCCCCCCCCCCC(=O)OCCC[C@@H]1/C(=C(\C)C=O)CC[C@](C)(O)[C@@]1(C)CC/C=C(\C)CC/C=C(\C)CCC=C(C)C. The van der Waals surface area contributed by atoms with E-state index in [4.69, 9.17) is 4.74 Å². The van der Waals surface area contributed by atoms with E-state index < -0.39 is 5.60 Å². The van der Waals surface area contributed by atoms with Gasteiger partial charge in [-0.25, -0.2) is 0 Å². The van der Waals surface area contributed by atoms with Crippen LogP contribution in [0.15, 0.2) is 46.1 Å². The van der Waals surface area contributed by atoms with Crippen molar-refractivity contribution in [3.05, 3.63) is 46.1 Å². The van der Waals surface area contributed by atoms with Crippen LogP contribution in [-0.4, -0.2) is 29.6 Å². The van der Waals surface area contributed by atoms with Gasteiger partial charge in [-0.15, -0.1) is 0 Å². The number of carbonyl (C=O) groups is 2. The number of rotatable bonds is 30. The number of unbranched alkanes of at least 4 members (excludes halogenated alkanes) is 14. The third-order valence-electron chi connectivity index (χ3n) is 12.1. The predicted octanol–water partition coefficient (Wildman–Crippen LogP) is 14.5. The molecule has 0 radical (unpaired) electrons. The Morgan fingerprint density at radius 2 is 1.21 bits per heavy atom. The van der Waals surface area contributed by atoms with Gasteiger partial charge in [0.15, 0.2) is 0 Å². The minimum absolute atomic E-state index is 0.0794. The zero-order valence-electron chi connectivity index (χ0n) is 35.7. The van der Waals surface area contributed by atoms with Gasteiger partial charge >= 0.3 is 5.97 Å². The lowest BCUT2D eigenvalue weighted by atomic mass is 9.54. The molecule has 300 valence electrons. The zero-order chi connectivity index (χ0) is 38.7. The smallest absolute Gasteiger partial charge is 0.305 e. The van der Waals surface area contributed by atoms with E-state index in [9.17, 15) is 14.7 Å². The highest BCUT2D eigenvalue weighted by Crippen LogP contribution is 2.55. The molecule has 1 aliphatic rings. The molecule has 4 heteroatoms. The van der Waals surface area contributed by atoms with Crippen LogP contribution in [-0.2, 0) is 14.3 Å². The van der Waals surface area contributed by atoms with Gasteiger partial charge in [0.25, 0.3) is 0 Å². The van der Waals surface area contributed by atoms with E-state index in [-0.39, 0.29) is 17.3 Å². The molecule has 1 N–H and O–H groups in total. The quantitative estimate of drug-likeness (QED) is 0.0263. The van der Waals surface area contributed by atoms with Gasteiger partial charge in [0.05, 0.1) is 12.2 Å². The summed E-state index contributed by atoms with van der Waals surface area (Å²) in [6.45, 7) is 17.6. The first-order chi connectivity index (χ1) is 24.9. The summed E-state index contributed by atoms with van der Waals surface area (Å²) in [5.74, 6) is -0.0118. The maximum absolute atomic E-state index is 12.5. The van der Waals surface area contributed by atoms with Crippen molar-refractivity contribution in [3.63, 3.8) is 0 Å². The number of esters is 1. The summed E-state index contributed by atoms with van der Waals surface area (Å²) in [7, 11) is 0. The average molecular weight is 725 g/mol. The molecule has 3 atom stereocenters. The molecule has 1 fully saturated rings. The highest BCUT2D eigenvalue weighted by Gasteiger charge is 2.52. The van der Waals surface area contributed by atoms with E-state index >= 15 is 0 Å². The number of hydrogen-bond acceptors (Lipinski definition) is 4. The van der Waals surface area contributed by atoms with Crippen molar-refractivity contribution in [2.75, 3.05) is 6.61 Å². The topological polar surface area (TPSA) is 63.6 Å². The molecule has 1 saturated carbocycles. The van der Waals surface area contributed by atoms with Crippen molar-refractivity contribution in [3.8, 4) is 0 Å². The molecule has 0 amide bonds. The predicted molar refractivity (Wildman–Crippen MR) is 225 cm³/mol. The highest BCUT2D eigenvalue weighted by atomic mass is 16.5. The second-order valence-electron chi connectivity index (χ2n) is 17.1. The van der Waals surface area contributed by atoms with Crippen LogP contribution in [0.25, 0.3) is 0 Å². The summed E-state index contributed by atoms with van der Waals surface area (Å²) in [5, 5.41) is 11.8. The largest absolute Gasteiger partial charge is 0.466 e. The van der Waals surface area contributed by atoms with Gasteiger partial charge in [-0.05, 0) is 124 Å². The van der Waals surface area contributed by atoms with Crippen molar-refractivity contribution >= 4 is 12.3 Å². The van der Waals surface area contributed by atoms with Crippen molar-refractivity contribution in [1.82, 2.24) is 0 Å². The molecule has 4 nitrogen and oxygen atoms in total. The zero-order valence-corrected chi connectivity index (χ0v) is 35.7. The fourth-order valence-corrected chi connectivity index (χ4v) is 8.23. The first-order valence-electron chi connectivity index (χ1n) is 21.8. The normalized spacial score (nSPS) is 22.0. The van der Waals surface area contributed by atoms with Gasteiger partial charge in [0.1, 0.15) is 6.29 Å². The highest BCUT2D eigenvalue weighted by molar-refractivity contribution is 5.74. The van der Waals surface area contributed by atoms with Crippen LogP contribution in [0.1, 0.15) is 222 Å². The number of carbonyl (C=O) groups excluding carboxylic acids is 2. The molecule has 0 bridgehead atoms. The third-order valence-corrected chi connectivity index (χ3v) is 12.1. The molecule has 52 heavy (non-hydrogen) atoms. The minimum atomic E-state index is -0.832. The minimum Gasteiger partial charge on any atom is -0.466 e. The Morgan fingerprint density at radius 3 is 1.73 bits per heavy atom. The van der Waals surface area contributed by atoms with Gasteiger partial charge in [-0.2, -0.15) is 0 Å². The fourth-order valence-electron chi connectivity index (χ4n) is 8.23. The van der Waals surface area contributed by atoms with Crippen molar-refractivity contribution in [1.29, 1.82) is 0 Å². The van der Waals surface area contributed by atoms with Crippen molar-refractivity contribution in [2.45, 2.75) is 228 Å². The molecule has 0 unspecified atom stereocenters. The molecule has 0 aliphatic heterocycles. The molecule has 0 aromatic rings. The molecule has 0 saturated heterocycles. The first-order valence-corrected chi connectivity index (χ1v) is 21.8. The van der Waals surface area contributed by atoms with Crippen molar-refractivity contribution in [2.24, 2.45) is 11.3 Å². The molecule has 0 aromatic heterocycles. The average Bonchev–Trinajstić information content (AvgIpc) is 3.09. The van der Waals surface area contributed by atoms with Gasteiger partial charge < -0.3 is 9.84 Å². The number of hydrogen-bond donors (Lipinski definition) is 1. The van der Waals surface area contributed by atoms with Crippen molar-refractivity contribution < 1.29 is 19.4 Å². The fraction of sp³-hybridized carbons (Fsp3) is 0.792. The van der Waals surface area contributed by atoms with E-state index in [2.05, 4.69) is 59.8 Å². The number of aldehydes is 1. The Labute approximate surface area is 322 Å². The van der Waals surface area contributed by atoms with Gasteiger partial charge in [0.2, 0.25) is 0 Å². The Morgan fingerprint density at radius 1 is 0.712 bits per heavy atom.